The van der Waals surface area contributed by atoms with Gasteiger partial charge < -0.3 is 20.2 Å². The fourth-order valence-corrected chi connectivity index (χ4v) is 3.67. The Labute approximate surface area is 123 Å². The summed E-state index contributed by atoms with van der Waals surface area (Å²) in [4.78, 5) is 39.1. The molecular formula is C14H21N3O4. The standard InChI is InChI=1S/C14H21N3O4/c1-14(12(19)20)4-6-16(8-14)13(21)17-5-2-3-9-10(17)7-15-11(9)18/h9-10H,2-8H2,1H3,(H,15,18)(H,19,20). The third-order valence-corrected chi connectivity index (χ3v) is 5.11. The number of carboxylic acid groups (broad SMARTS) is 1. The second-order valence-corrected chi connectivity index (χ2v) is 6.57. The Morgan fingerprint density at radius 3 is 2.81 bits per heavy atom. The molecule has 0 radical (unpaired) electrons. The van der Waals surface area contributed by atoms with Gasteiger partial charge in [-0.3, -0.25) is 9.59 Å². The molecule has 0 aromatic heterocycles. The van der Waals surface area contributed by atoms with Gasteiger partial charge in [0, 0.05) is 26.2 Å². The summed E-state index contributed by atoms with van der Waals surface area (Å²) >= 11 is 0. The number of piperidine rings is 1. The molecule has 3 fully saturated rings. The number of likely N-dealkylation sites (tertiary alicyclic amines) is 2. The molecule has 0 saturated carbocycles. The molecule has 7 nitrogen and oxygen atoms in total. The number of carbonyl (C=O) groups is 3. The number of amides is 3. The number of hydrogen-bond donors (Lipinski definition) is 2. The van der Waals surface area contributed by atoms with Crippen molar-refractivity contribution in [2.75, 3.05) is 26.2 Å². The SMILES string of the molecule is CC1(C(=O)O)CCN(C(=O)N2CCCC3C(=O)NCC32)C1. The minimum atomic E-state index is -0.855. The first kappa shape index (κ1) is 14.2. The molecule has 3 unspecified atom stereocenters. The van der Waals surface area contributed by atoms with E-state index in [1.54, 1.807) is 16.7 Å². The van der Waals surface area contributed by atoms with Crippen LogP contribution in [-0.2, 0) is 9.59 Å². The Hall–Kier alpha value is -1.79. The van der Waals surface area contributed by atoms with Crippen molar-refractivity contribution in [2.24, 2.45) is 11.3 Å². The number of fused-ring (bicyclic) bond motifs is 1. The summed E-state index contributed by atoms with van der Waals surface area (Å²) in [5, 5.41) is 12.1. The van der Waals surface area contributed by atoms with Crippen molar-refractivity contribution in [1.82, 2.24) is 15.1 Å². The lowest BCUT2D eigenvalue weighted by molar-refractivity contribution is -0.147. The van der Waals surface area contributed by atoms with Crippen LogP contribution in [0.3, 0.4) is 0 Å². The summed E-state index contributed by atoms with van der Waals surface area (Å²) in [7, 11) is 0. The lowest BCUT2D eigenvalue weighted by Gasteiger charge is -2.38. The van der Waals surface area contributed by atoms with Gasteiger partial charge in [-0.25, -0.2) is 4.79 Å². The minimum Gasteiger partial charge on any atom is -0.481 e. The first-order valence-electron chi connectivity index (χ1n) is 7.49. The number of nitrogens with one attached hydrogen (secondary N) is 1. The molecule has 7 heteroatoms. The van der Waals surface area contributed by atoms with Gasteiger partial charge in [-0.2, -0.15) is 0 Å². The van der Waals surface area contributed by atoms with Crippen LogP contribution in [0.2, 0.25) is 0 Å². The predicted molar refractivity (Wildman–Crippen MR) is 73.6 cm³/mol. The van der Waals surface area contributed by atoms with Gasteiger partial charge in [0.15, 0.2) is 0 Å². The maximum atomic E-state index is 12.7. The smallest absolute Gasteiger partial charge is 0.320 e. The molecule has 0 spiro atoms. The molecule has 3 amide bonds. The van der Waals surface area contributed by atoms with Crippen LogP contribution in [-0.4, -0.2) is 65.0 Å². The highest BCUT2D eigenvalue weighted by molar-refractivity contribution is 5.85. The highest BCUT2D eigenvalue weighted by Gasteiger charge is 2.47. The topological polar surface area (TPSA) is 90.0 Å². The average molecular weight is 295 g/mol. The monoisotopic (exact) mass is 295 g/mol. The van der Waals surface area contributed by atoms with Gasteiger partial charge in [-0.1, -0.05) is 0 Å². The van der Waals surface area contributed by atoms with E-state index in [1.165, 1.54) is 0 Å². The van der Waals surface area contributed by atoms with Crippen LogP contribution in [0.4, 0.5) is 4.79 Å². The lowest BCUT2D eigenvalue weighted by atomic mass is 9.90. The van der Waals surface area contributed by atoms with Crippen LogP contribution in [0.5, 0.6) is 0 Å². The van der Waals surface area contributed by atoms with Crippen molar-refractivity contribution in [2.45, 2.75) is 32.2 Å². The number of urea groups is 1. The summed E-state index contributed by atoms with van der Waals surface area (Å²) in [6.45, 7) is 3.56. The van der Waals surface area contributed by atoms with E-state index in [9.17, 15) is 19.5 Å². The fraction of sp³-hybridized carbons (Fsp3) is 0.786. The maximum Gasteiger partial charge on any atom is 0.320 e. The highest BCUT2D eigenvalue weighted by atomic mass is 16.4. The molecule has 3 rings (SSSR count). The van der Waals surface area contributed by atoms with E-state index in [0.29, 0.717) is 26.1 Å². The summed E-state index contributed by atoms with van der Waals surface area (Å²) in [6.07, 6.45) is 2.13. The second kappa shape index (κ2) is 4.89. The highest BCUT2D eigenvalue weighted by Crippen LogP contribution is 2.33. The molecule has 0 aromatic rings. The fourth-order valence-electron chi connectivity index (χ4n) is 3.67. The molecule has 0 aliphatic carbocycles. The van der Waals surface area contributed by atoms with Gasteiger partial charge in [0.2, 0.25) is 5.91 Å². The van der Waals surface area contributed by atoms with E-state index in [1.807, 2.05) is 0 Å². The molecule has 2 N–H and O–H groups in total. The van der Waals surface area contributed by atoms with Crippen LogP contribution in [0.15, 0.2) is 0 Å². The number of carbonyl (C=O) groups excluding carboxylic acids is 2. The lowest BCUT2D eigenvalue weighted by Crippen LogP contribution is -2.53. The maximum absolute atomic E-state index is 12.7. The molecule has 3 heterocycles. The van der Waals surface area contributed by atoms with Crippen molar-refractivity contribution in [3.8, 4) is 0 Å². The summed E-state index contributed by atoms with van der Waals surface area (Å²) in [5.41, 5.74) is -0.853. The van der Waals surface area contributed by atoms with Gasteiger partial charge in [0.25, 0.3) is 0 Å². The predicted octanol–water partition coefficient (Wildman–Crippen LogP) is 0.113. The molecule has 3 aliphatic heterocycles. The van der Waals surface area contributed by atoms with Crippen molar-refractivity contribution in [3.05, 3.63) is 0 Å². The van der Waals surface area contributed by atoms with E-state index in [4.69, 9.17) is 0 Å². The number of nitrogens with zero attached hydrogens (tertiary/aromatic N) is 2. The van der Waals surface area contributed by atoms with Crippen LogP contribution >= 0.6 is 0 Å². The number of rotatable bonds is 1. The Morgan fingerprint density at radius 2 is 2.14 bits per heavy atom. The molecule has 3 saturated heterocycles. The molecule has 3 aliphatic rings. The molecule has 116 valence electrons. The van der Waals surface area contributed by atoms with Crippen LogP contribution < -0.4 is 5.32 Å². The van der Waals surface area contributed by atoms with Crippen LogP contribution in [0.25, 0.3) is 0 Å². The quantitative estimate of drug-likeness (QED) is 0.718. The van der Waals surface area contributed by atoms with Crippen molar-refractivity contribution >= 4 is 17.9 Å². The van der Waals surface area contributed by atoms with E-state index in [-0.39, 0.29) is 30.4 Å². The normalized spacial score (nSPS) is 35.6. The summed E-state index contributed by atoms with van der Waals surface area (Å²) < 4.78 is 0. The minimum absolute atomic E-state index is 0.0364. The summed E-state index contributed by atoms with van der Waals surface area (Å²) in [6, 6.07) is -0.193. The van der Waals surface area contributed by atoms with Gasteiger partial charge >= 0.3 is 12.0 Å². The largest absolute Gasteiger partial charge is 0.481 e. The van der Waals surface area contributed by atoms with E-state index in [2.05, 4.69) is 5.32 Å². The van der Waals surface area contributed by atoms with Gasteiger partial charge in [-0.15, -0.1) is 0 Å². The van der Waals surface area contributed by atoms with E-state index in [0.717, 1.165) is 12.8 Å². The zero-order valence-corrected chi connectivity index (χ0v) is 12.2. The number of hydrogen-bond acceptors (Lipinski definition) is 3. The second-order valence-electron chi connectivity index (χ2n) is 6.57. The number of carboxylic acids is 1. The van der Waals surface area contributed by atoms with Crippen molar-refractivity contribution in [3.63, 3.8) is 0 Å². The van der Waals surface area contributed by atoms with Gasteiger partial charge in [0.1, 0.15) is 0 Å². The first-order chi connectivity index (χ1) is 9.92. The Morgan fingerprint density at radius 1 is 1.38 bits per heavy atom. The van der Waals surface area contributed by atoms with E-state index >= 15 is 0 Å². The third kappa shape index (κ3) is 2.24. The molecule has 3 atom stereocenters. The van der Waals surface area contributed by atoms with Crippen LogP contribution in [0, 0.1) is 11.3 Å². The van der Waals surface area contributed by atoms with Gasteiger partial charge in [0.05, 0.1) is 17.4 Å². The van der Waals surface area contributed by atoms with Crippen molar-refractivity contribution in [1.29, 1.82) is 0 Å². The van der Waals surface area contributed by atoms with Crippen LogP contribution in [0.1, 0.15) is 26.2 Å². The molecular weight excluding hydrogens is 274 g/mol. The zero-order valence-electron chi connectivity index (χ0n) is 12.2. The number of aliphatic carboxylic acids is 1. The first-order valence-corrected chi connectivity index (χ1v) is 7.49. The van der Waals surface area contributed by atoms with E-state index < -0.39 is 11.4 Å². The third-order valence-electron chi connectivity index (χ3n) is 5.11. The zero-order chi connectivity index (χ0) is 15.2. The Balaban J connectivity index is 1.71. The molecule has 0 aromatic carbocycles. The Bertz CT molecular complexity index is 495. The molecule has 21 heavy (non-hydrogen) atoms. The van der Waals surface area contributed by atoms with Crippen molar-refractivity contribution < 1.29 is 19.5 Å². The molecule has 0 bridgehead atoms. The summed E-state index contributed by atoms with van der Waals surface area (Å²) in [5.74, 6) is -0.919. The Kier molecular flexibility index (Phi) is 3.30. The van der Waals surface area contributed by atoms with Gasteiger partial charge in [-0.05, 0) is 26.2 Å². The average Bonchev–Trinajstić information content (AvgIpc) is 3.03.